The standard InChI is InChI=1S/C22H27N5O/c1-16-8-10-18(11-9-16)24-20-15-21(27(2)3)26-22(25-20)23-13-12-17-6-5-7-19(14-17)28-4/h5-11,14-15H,12-13H2,1-4H3,(H2,23,24,25,26). The number of anilines is 4. The predicted octanol–water partition coefficient (Wildman–Crippen LogP) is 4.26. The van der Waals surface area contributed by atoms with E-state index in [1.165, 1.54) is 11.1 Å². The van der Waals surface area contributed by atoms with E-state index in [1.807, 2.05) is 55.4 Å². The van der Waals surface area contributed by atoms with Crippen LogP contribution in [0.1, 0.15) is 11.1 Å². The molecular weight excluding hydrogens is 350 g/mol. The number of methoxy groups -OCH3 is 1. The molecule has 0 atom stereocenters. The van der Waals surface area contributed by atoms with Crippen molar-refractivity contribution in [3.63, 3.8) is 0 Å². The average molecular weight is 377 g/mol. The molecule has 1 heterocycles. The first-order valence-corrected chi connectivity index (χ1v) is 9.30. The van der Waals surface area contributed by atoms with Crippen molar-refractivity contribution in [1.82, 2.24) is 9.97 Å². The van der Waals surface area contributed by atoms with Crippen LogP contribution in [0.25, 0.3) is 0 Å². The number of aromatic nitrogens is 2. The summed E-state index contributed by atoms with van der Waals surface area (Å²) < 4.78 is 5.28. The number of rotatable bonds is 8. The summed E-state index contributed by atoms with van der Waals surface area (Å²) in [5.74, 6) is 3.07. The fraction of sp³-hybridized carbons (Fsp3) is 0.273. The minimum atomic E-state index is 0.601. The molecule has 146 valence electrons. The highest BCUT2D eigenvalue weighted by molar-refractivity contribution is 5.61. The van der Waals surface area contributed by atoms with Crippen molar-refractivity contribution >= 4 is 23.3 Å². The highest BCUT2D eigenvalue weighted by atomic mass is 16.5. The molecule has 28 heavy (non-hydrogen) atoms. The van der Waals surface area contributed by atoms with Gasteiger partial charge in [-0.25, -0.2) is 0 Å². The van der Waals surface area contributed by atoms with Gasteiger partial charge in [-0.1, -0.05) is 29.8 Å². The Morgan fingerprint density at radius 1 is 1.00 bits per heavy atom. The second kappa shape index (κ2) is 9.08. The van der Waals surface area contributed by atoms with Gasteiger partial charge < -0.3 is 20.3 Å². The maximum atomic E-state index is 5.28. The van der Waals surface area contributed by atoms with Crippen LogP contribution < -0.4 is 20.3 Å². The predicted molar refractivity (Wildman–Crippen MR) is 116 cm³/mol. The SMILES string of the molecule is COc1cccc(CCNc2nc(Nc3ccc(C)cc3)cc(N(C)C)n2)c1. The number of hydrogen-bond donors (Lipinski definition) is 2. The molecule has 0 fully saturated rings. The Balaban J connectivity index is 1.70. The summed E-state index contributed by atoms with van der Waals surface area (Å²) in [5.41, 5.74) is 3.42. The Morgan fingerprint density at radius 2 is 1.79 bits per heavy atom. The van der Waals surface area contributed by atoms with Crippen molar-refractivity contribution in [2.75, 3.05) is 43.3 Å². The average Bonchev–Trinajstić information content (AvgIpc) is 2.70. The smallest absolute Gasteiger partial charge is 0.226 e. The van der Waals surface area contributed by atoms with Crippen molar-refractivity contribution in [2.45, 2.75) is 13.3 Å². The summed E-state index contributed by atoms with van der Waals surface area (Å²) in [4.78, 5) is 11.2. The lowest BCUT2D eigenvalue weighted by Crippen LogP contribution is -2.15. The van der Waals surface area contributed by atoms with E-state index in [9.17, 15) is 0 Å². The first-order valence-electron chi connectivity index (χ1n) is 9.30. The van der Waals surface area contributed by atoms with Gasteiger partial charge in [0.05, 0.1) is 7.11 Å². The monoisotopic (exact) mass is 377 g/mol. The fourth-order valence-electron chi connectivity index (χ4n) is 2.74. The molecule has 0 radical (unpaired) electrons. The highest BCUT2D eigenvalue weighted by Gasteiger charge is 2.07. The summed E-state index contributed by atoms with van der Waals surface area (Å²) in [6.45, 7) is 2.80. The second-order valence-corrected chi connectivity index (χ2v) is 6.85. The molecule has 0 bridgehead atoms. The number of nitrogens with zero attached hydrogens (tertiary/aromatic N) is 3. The molecular formula is C22H27N5O. The minimum Gasteiger partial charge on any atom is -0.497 e. The Morgan fingerprint density at radius 3 is 2.50 bits per heavy atom. The summed E-state index contributed by atoms with van der Waals surface area (Å²) >= 11 is 0. The van der Waals surface area contributed by atoms with Crippen LogP contribution in [0.2, 0.25) is 0 Å². The molecule has 6 nitrogen and oxygen atoms in total. The van der Waals surface area contributed by atoms with Crippen LogP contribution in [0, 0.1) is 6.92 Å². The molecule has 0 aliphatic heterocycles. The second-order valence-electron chi connectivity index (χ2n) is 6.85. The van der Waals surface area contributed by atoms with E-state index in [0.29, 0.717) is 5.95 Å². The third kappa shape index (κ3) is 5.36. The Kier molecular flexibility index (Phi) is 6.32. The molecule has 0 spiro atoms. The zero-order valence-electron chi connectivity index (χ0n) is 16.9. The number of aryl methyl sites for hydroxylation is 1. The zero-order valence-corrected chi connectivity index (χ0v) is 16.9. The molecule has 6 heteroatoms. The van der Waals surface area contributed by atoms with Crippen LogP contribution in [0.4, 0.5) is 23.3 Å². The molecule has 0 aliphatic carbocycles. The van der Waals surface area contributed by atoms with E-state index in [4.69, 9.17) is 4.74 Å². The van der Waals surface area contributed by atoms with Gasteiger partial charge in [0.15, 0.2) is 0 Å². The number of ether oxygens (including phenoxy) is 1. The number of hydrogen-bond acceptors (Lipinski definition) is 6. The van der Waals surface area contributed by atoms with E-state index in [-0.39, 0.29) is 0 Å². The largest absolute Gasteiger partial charge is 0.497 e. The van der Waals surface area contributed by atoms with E-state index in [2.05, 4.69) is 45.7 Å². The van der Waals surface area contributed by atoms with Crippen LogP contribution in [0.5, 0.6) is 5.75 Å². The van der Waals surface area contributed by atoms with E-state index < -0.39 is 0 Å². The van der Waals surface area contributed by atoms with Crippen molar-refractivity contribution in [2.24, 2.45) is 0 Å². The van der Waals surface area contributed by atoms with Gasteiger partial charge >= 0.3 is 0 Å². The zero-order chi connectivity index (χ0) is 19.9. The quantitative estimate of drug-likeness (QED) is 0.612. The summed E-state index contributed by atoms with van der Waals surface area (Å²) in [6.07, 6.45) is 0.855. The lowest BCUT2D eigenvalue weighted by atomic mass is 10.1. The molecule has 2 N–H and O–H groups in total. The maximum Gasteiger partial charge on any atom is 0.226 e. The van der Waals surface area contributed by atoms with Crippen LogP contribution in [0.15, 0.2) is 54.6 Å². The van der Waals surface area contributed by atoms with Crippen molar-refractivity contribution in [3.05, 3.63) is 65.7 Å². The summed E-state index contributed by atoms with van der Waals surface area (Å²) in [5, 5.41) is 6.69. The topological polar surface area (TPSA) is 62.3 Å². The molecule has 3 aromatic rings. The molecule has 0 amide bonds. The van der Waals surface area contributed by atoms with E-state index in [0.717, 1.165) is 36.0 Å². The minimum absolute atomic E-state index is 0.601. The van der Waals surface area contributed by atoms with Crippen LogP contribution >= 0.6 is 0 Å². The van der Waals surface area contributed by atoms with Gasteiger partial charge in [-0.3, -0.25) is 0 Å². The Bertz CT molecular complexity index is 909. The van der Waals surface area contributed by atoms with E-state index >= 15 is 0 Å². The number of nitrogens with one attached hydrogen (secondary N) is 2. The molecule has 3 rings (SSSR count). The third-order valence-corrected chi connectivity index (χ3v) is 4.33. The Labute approximate surface area is 166 Å². The molecule has 2 aromatic carbocycles. The van der Waals surface area contributed by atoms with Gasteiger partial charge in [0.2, 0.25) is 5.95 Å². The molecule has 0 saturated heterocycles. The van der Waals surface area contributed by atoms with Gasteiger partial charge in [0, 0.05) is 32.4 Å². The van der Waals surface area contributed by atoms with Crippen LogP contribution in [-0.2, 0) is 6.42 Å². The number of benzene rings is 2. The van der Waals surface area contributed by atoms with Gasteiger partial charge in [0.25, 0.3) is 0 Å². The third-order valence-electron chi connectivity index (χ3n) is 4.33. The Hall–Kier alpha value is -3.28. The summed E-state index contributed by atoms with van der Waals surface area (Å²) in [7, 11) is 5.62. The van der Waals surface area contributed by atoms with E-state index in [1.54, 1.807) is 7.11 Å². The highest BCUT2D eigenvalue weighted by Crippen LogP contribution is 2.21. The lowest BCUT2D eigenvalue weighted by molar-refractivity contribution is 0.414. The van der Waals surface area contributed by atoms with Crippen LogP contribution in [-0.4, -0.2) is 37.7 Å². The molecule has 0 saturated carbocycles. The molecule has 0 unspecified atom stereocenters. The van der Waals surface area contributed by atoms with Crippen LogP contribution in [0.3, 0.4) is 0 Å². The van der Waals surface area contributed by atoms with Gasteiger partial charge in [-0.2, -0.15) is 9.97 Å². The first kappa shape index (κ1) is 19.5. The fourth-order valence-corrected chi connectivity index (χ4v) is 2.74. The van der Waals surface area contributed by atoms with Gasteiger partial charge in [-0.05, 0) is 43.2 Å². The lowest BCUT2D eigenvalue weighted by Gasteiger charge is -2.16. The summed E-state index contributed by atoms with van der Waals surface area (Å²) in [6, 6.07) is 18.3. The van der Waals surface area contributed by atoms with Crippen molar-refractivity contribution in [1.29, 1.82) is 0 Å². The first-order chi connectivity index (χ1) is 13.5. The van der Waals surface area contributed by atoms with Crippen molar-refractivity contribution < 1.29 is 4.74 Å². The van der Waals surface area contributed by atoms with Gasteiger partial charge in [0.1, 0.15) is 17.4 Å². The molecule has 0 aliphatic rings. The maximum absolute atomic E-state index is 5.28. The van der Waals surface area contributed by atoms with Gasteiger partial charge in [-0.15, -0.1) is 0 Å². The van der Waals surface area contributed by atoms with Crippen molar-refractivity contribution in [3.8, 4) is 5.75 Å². The molecule has 1 aromatic heterocycles. The normalized spacial score (nSPS) is 10.4.